The number of anilines is 1. The Bertz CT molecular complexity index is 2870. The van der Waals surface area contributed by atoms with Crippen molar-refractivity contribution < 1.29 is 37.3 Å². The van der Waals surface area contributed by atoms with E-state index in [1.165, 1.54) is 19.1 Å². The van der Waals surface area contributed by atoms with Crippen LogP contribution in [0.15, 0.2) is 120 Å². The Kier molecular flexibility index (Phi) is 12.3. The van der Waals surface area contributed by atoms with Crippen LogP contribution in [0, 0.1) is 18.3 Å². The molecular weight excluding hydrogens is 866 g/mol. The van der Waals surface area contributed by atoms with E-state index in [0.717, 1.165) is 26.6 Å². The first kappa shape index (κ1) is 43.0. The number of nitriles is 1. The van der Waals surface area contributed by atoms with E-state index >= 15 is 0 Å². The number of halogens is 2. The van der Waals surface area contributed by atoms with Crippen LogP contribution < -0.4 is 25.3 Å². The fraction of sp³-hybridized carbons (Fsp3) is 0.191. The Morgan fingerprint density at radius 1 is 0.921 bits per heavy atom. The summed E-state index contributed by atoms with van der Waals surface area (Å²) in [7, 11) is -4.41. The van der Waals surface area contributed by atoms with Crippen LogP contribution in [0.2, 0.25) is 10.0 Å². The molecule has 8 rings (SSSR count). The molecular formula is C47H39Cl2N5O8S. The Hall–Kier alpha value is -6.63. The van der Waals surface area contributed by atoms with E-state index in [9.17, 15) is 23.1 Å². The van der Waals surface area contributed by atoms with Crippen LogP contribution in [0.4, 0.5) is 5.82 Å². The van der Waals surface area contributed by atoms with Crippen molar-refractivity contribution in [3.63, 3.8) is 0 Å². The quantitative estimate of drug-likeness (QED) is 0.108. The predicted molar refractivity (Wildman–Crippen MR) is 236 cm³/mol. The van der Waals surface area contributed by atoms with Crippen LogP contribution in [0.25, 0.3) is 11.1 Å². The molecule has 16 heteroatoms. The summed E-state index contributed by atoms with van der Waals surface area (Å²) >= 11 is 12.2. The number of amides is 1. The highest BCUT2D eigenvalue weighted by Crippen LogP contribution is 2.42. The number of carboxylic acid groups (broad SMARTS) is 1. The molecule has 0 unspecified atom stereocenters. The second kappa shape index (κ2) is 18.0. The van der Waals surface area contributed by atoms with Crippen molar-refractivity contribution in [2.24, 2.45) is 0 Å². The number of aromatic nitrogens is 1. The van der Waals surface area contributed by atoms with Crippen molar-refractivity contribution in [2.45, 2.75) is 56.0 Å². The zero-order chi connectivity index (χ0) is 44.4. The highest BCUT2D eigenvalue weighted by molar-refractivity contribution is 7.89. The Morgan fingerprint density at radius 3 is 2.27 bits per heavy atom. The predicted octanol–water partition coefficient (Wildman–Crippen LogP) is 7.84. The zero-order valence-electron chi connectivity index (χ0n) is 33.6. The first-order valence-corrected chi connectivity index (χ1v) is 21.9. The number of rotatable bonds is 12. The van der Waals surface area contributed by atoms with Crippen molar-refractivity contribution in [2.75, 3.05) is 12.3 Å². The molecule has 0 spiro atoms. The van der Waals surface area contributed by atoms with E-state index in [-0.39, 0.29) is 42.4 Å². The van der Waals surface area contributed by atoms with Gasteiger partial charge in [0.05, 0.1) is 27.4 Å². The van der Waals surface area contributed by atoms with Crippen LogP contribution in [0.5, 0.6) is 17.2 Å². The molecule has 4 N–H and O–H groups in total. The molecule has 13 nitrogen and oxygen atoms in total. The minimum Gasteiger partial charge on any atom is -0.489 e. The molecule has 320 valence electrons. The lowest BCUT2D eigenvalue weighted by atomic mass is 9.93. The highest BCUT2D eigenvalue weighted by atomic mass is 35.5. The number of aliphatic carboxylic acids is 1. The van der Waals surface area contributed by atoms with Crippen molar-refractivity contribution >= 4 is 50.9 Å². The number of sulfonamides is 1. The van der Waals surface area contributed by atoms with Gasteiger partial charge in [-0.1, -0.05) is 77.8 Å². The molecule has 3 atom stereocenters. The average molecular weight is 905 g/mol. The first-order chi connectivity index (χ1) is 30.2. The third-order valence-electron chi connectivity index (χ3n) is 11.0. The molecule has 0 saturated heterocycles. The maximum absolute atomic E-state index is 14.5. The summed E-state index contributed by atoms with van der Waals surface area (Å²) in [6.45, 7) is 1.75. The molecule has 0 radical (unpaired) electrons. The Labute approximate surface area is 373 Å². The number of nitrogens with zero attached hydrogens (tertiary/aromatic N) is 3. The van der Waals surface area contributed by atoms with Crippen LogP contribution in [-0.4, -0.2) is 53.4 Å². The van der Waals surface area contributed by atoms with Gasteiger partial charge in [-0.15, -0.1) is 0 Å². The zero-order valence-corrected chi connectivity index (χ0v) is 36.0. The van der Waals surface area contributed by atoms with Gasteiger partial charge >= 0.3 is 5.97 Å². The third kappa shape index (κ3) is 9.42. The lowest BCUT2D eigenvalue weighted by molar-refractivity contribution is -0.142. The van der Waals surface area contributed by atoms with E-state index in [4.69, 9.17) is 48.4 Å². The van der Waals surface area contributed by atoms with Gasteiger partial charge in [-0.05, 0) is 113 Å². The van der Waals surface area contributed by atoms with E-state index in [2.05, 4.69) is 16.4 Å². The molecule has 6 aromatic rings. The van der Waals surface area contributed by atoms with Gasteiger partial charge in [0, 0.05) is 13.0 Å². The highest BCUT2D eigenvalue weighted by Gasteiger charge is 2.42. The van der Waals surface area contributed by atoms with Gasteiger partial charge in [0.25, 0.3) is 0 Å². The molecule has 0 aliphatic carbocycles. The number of nitrogens with two attached hydrogens (primary N) is 1. The minimum atomic E-state index is -4.41. The number of benzene rings is 5. The van der Waals surface area contributed by atoms with Gasteiger partial charge in [-0.3, -0.25) is 4.79 Å². The molecule has 3 heterocycles. The maximum Gasteiger partial charge on any atom is 0.326 e. The van der Waals surface area contributed by atoms with Crippen molar-refractivity contribution in [1.29, 1.82) is 5.26 Å². The van der Waals surface area contributed by atoms with E-state index in [0.29, 0.717) is 56.2 Å². The summed E-state index contributed by atoms with van der Waals surface area (Å²) in [5.74, 6) is -0.496. The number of pyridine rings is 1. The fourth-order valence-corrected chi connectivity index (χ4v) is 9.63. The summed E-state index contributed by atoms with van der Waals surface area (Å²) in [6.07, 6.45) is -0.651. The normalized spacial score (nSPS) is 16.3. The Balaban J connectivity index is 1.02. The molecule has 2 aliphatic rings. The second-order valence-corrected chi connectivity index (χ2v) is 17.8. The second-order valence-electron chi connectivity index (χ2n) is 15.2. The van der Waals surface area contributed by atoms with Crippen molar-refractivity contribution in [3.05, 3.63) is 164 Å². The number of hydrogen-bond acceptors (Lipinski definition) is 10. The molecule has 0 saturated carbocycles. The van der Waals surface area contributed by atoms with Crippen LogP contribution >= 0.6 is 23.2 Å². The fourth-order valence-electron chi connectivity index (χ4n) is 7.58. The number of carbonyl (C=O) groups excluding carboxylic acids is 1. The number of aryl methyl sites for hydroxylation is 1. The summed E-state index contributed by atoms with van der Waals surface area (Å²) in [5, 5.41) is 22.9. The largest absolute Gasteiger partial charge is 0.489 e. The van der Waals surface area contributed by atoms with Gasteiger partial charge < -0.3 is 30.4 Å². The summed E-state index contributed by atoms with van der Waals surface area (Å²) < 4.78 is 48.6. The van der Waals surface area contributed by atoms with Crippen molar-refractivity contribution in [1.82, 2.24) is 14.6 Å². The number of nitrogen functional groups attached to an aromatic ring is 1. The van der Waals surface area contributed by atoms with Gasteiger partial charge in [0.2, 0.25) is 15.9 Å². The Morgan fingerprint density at radius 2 is 1.60 bits per heavy atom. The summed E-state index contributed by atoms with van der Waals surface area (Å²) in [6, 6.07) is 32.5. The summed E-state index contributed by atoms with van der Waals surface area (Å²) in [4.78, 5) is 30.9. The van der Waals surface area contributed by atoms with E-state index in [1.807, 2.05) is 54.6 Å². The van der Waals surface area contributed by atoms with Gasteiger partial charge in [0.1, 0.15) is 41.8 Å². The smallest absolute Gasteiger partial charge is 0.326 e. The molecule has 0 fully saturated rings. The molecule has 63 heavy (non-hydrogen) atoms. The van der Waals surface area contributed by atoms with Crippen LogP contribution in [0.1, 0.15) is 45.2 Å². The summed E-state index contributed by atoms with van der Waals surface area (Å²) in [5.41, 5.74) is 11.8. The number of fused-ring (bicyclic) bond motifs is 2. The van der Waals surface area contributed by atoms with Gasteiger partial charge in [-0.25, -0.2) is 18.2 Å². The number of carbonyl (C=O) groups is 2. The number of carboxylic acids is 1. The molecule has 1 aromatic heterocycles. The molecule has 5 aromatic carbocycles. The van der Waals surface area contributed by atoms with Crippen molar-refractivity contribution in [3.8, 4) is 34.4 Å². The monoisotopic (exact) mass is 903 g/mol. The van der Waals surface area contributed by atoms with E-state index in [1.54, 1.807) is 48.5 Å². The molecule has 0 bridgehead atoms. The number of nitrogens with one attached hydrogen (secondary N) is 1. The van der Waals surface area contributed by atoms with Gasteiger partial charge in [0.15, 0.2) is 17.6 Å². The minimum absolute atomic E-state index is 0.0693. The lowest BCUT2D eigenvalue weighted by Gasteiger charge is -2.37. The third-order valence-corrected chi connectivity index (χ3v) is 13.7. The van der Waals surface area contributed by atoms with Crippen LogP contribution in [0.3, 0.4) is 0 Å². The maximum atomic E-state index is 14.5. The SMILES string of the molecule is Cc1nc(N)ccc1S(=O)(=O)N1Cc2cc3c(cc2C[C@H]1C(=O)N[C@@H](Cc1ccc(-c2ccc(C#N)cc2)cc1)C(=O)O)OC[C@H](c1ccc(OCc2ccc(Cl)c(Cl)c2)cc1)O3. The van der Waals surface area contributed by atoms with E-state index < -0.39 is 40.1 Å². The average Bonchev–Trinajstić information content (AvgIpc) is 3.28. The first-order valence-electron chi connectivity index (χ1n) is 19.8. The van der Waals surface area contributed by atoms with Crippen LogP contribution in [-0.2, 0) is 45.6 Å². The molecule has 1 amide bonds. The number of ether oxygens (including phenoxy) is 3. The topological polar surface area (TPSA) is 194 Å². The standard InChI is InChI=1S/C47H39Cl2N5O8S/c1-27-44(16-17-45(51)52-27)63(58,59)54-24-35-22-42-41(61-26-43(62-42)33-11-13-36(14-12-33)60-25-30-6-15-37(48)38(49)18-30)21-34(35)20-40(54)46(55)53-39(47(56)57)19-28-2-7-31(8-3-28)32-9-4-29(23-50)5-10-32/h2-18,21-22,39-40,43H,19-20,24-26H2,1H3,(H2,51,52)(H,53,55)(H,56,57)/t39-,40-,43+/m0/s1. The number of hydrogen-bond donors (Lipinski definition) is 3. The molecule has 2 aliphatic heterocycles. The lowest BCUT2D eigenvalue weighted by Crippen LogP contribution is -2.55. The van der Waals surface area contributed by atoms with Gasteiger partial charge in [-0.2, -0.15) is 9.57 Å².